The highest BCUT2D eigenvalue weighted by Crippen LogP contribution is 2.31. The molecule has 0 aliphatic rings. The highest BCUT2D eigenvalue weighted by atomic mass is 35.5. The van der Waals surface area contributed by atoms with E-state index in [1.165, 1.54) is 0 Å². The van der Waals surface area contributed by atoms with Gasteiger partial charge in [0.15, 0.2) is 0 Å². The second kappa shape index (κ2) is 6.99. The van der Waals surface area contributed by atoms with Gasteiger partial charge in [-0.25, -0.2) is 4.98 Å². The van der Waals surface area contributed by atoms with Gasteiger partial charge < -0.3 is 4.57 Å². The van der Waals surface area contributed by atoms with E-state index in [0.29, 0.717) is 16.0 Å². The van der Waals surface area contributed by atoms with Crippen LogP contribution in [0.1, 0.15) is 19.4 Å². The van der Waals surface area contributed by atoms with Crippen LogP contribution in [0.3, 0.4) is 0 Å². The Balaban J connectivity index is 0.00000180. The van der Waals surface area contributed by atoms with Crippen LogP contribution in [0.5, 0.6) is 0 Å². The Hall–Kier alpha value is -0.960. The second-order valence-electron chi connectivity index (χ2n) is 4.37. The summed E-state index contributed by atoms with van der Waals surface area (Å²) < 4.78 is 1.92. The predicted octanol–water partition coefficient (Wildman–Crippen LogP) is 5.27. The average Bonchev–Trinajstić information content (AvgIpc) is 2.79. The number of allylic oxidation sites excluding steroid dienone is 1. The fourth-order valence-corrected chi connectivity index (χ4v) is 2.28. The summed E-state index contributed by atoms with van der Waals surface area (Å²) in [5.74, 6) is 0.353. The Morgan fingerprint density at radius 3 is 2.58 bits per heavy atom. The molecule has 19 heavy (non-hydrogen) atoms. The molecule has 0 atom stereocenters. The lowest BCUT2D eigenvalue weighted by Gasteiger charge is -2.14. The number of imidazole rings is 1. The maximum absolute atomic E-state index is 6.26. The molecule has 0 aliphatic heterocycles. The maximum atomic E-state index is 6.26. The van der Waals surface area contributed by atoms with Gasteiger partial charge in [-0.3, -0.25) is 0 Å². The Morgan fingerprint density at radius 1 is 1.32 bits per heavy atom. The van der Waals surface area contributed by atoms with E-state index in [9.17, 15) is 0 Å². The van der Waals surface area contributed by atoms with Crippen molar-refractivity contribution in [2.75, 3.05) is 0 Å². The fourth-order valence-electron chi connectivity index (χ4n) is 1.76. The molecule has 1 heterocycles. The third kappa shape index (κ3) is 4.00. The van der Waals surface area contributed by atoms with Gasteiger partial charge in [-0.1, -0.05) is 43.1 Å². The van der Waals surface area contributed by atoms with Crippen molar-refractivity contribution >= 4 is 47.4 Å². The number of halogens is 3. The van der Waals surface area contributed by atoms with Crippen LogP contribution in [0.25, 0.3) is 11.8 Å². The van der Waals surface area contributed by atoms with Gasteiger partial charge in [0.05, 0.1) is 6.33 Å². The van der Waals surface area contributed by atoms with Crippen LogP contribution in [-0.4, -0.2) is 9.55 Å². The molecular formula is C14H15Cl3N2. The molecule has 2 aromatic rings. The van der Waals surface area contributed by atoms with Crippen molar-refractivity contribution in [2.45, 2.75) is 13.8 Å². The molecule has 0 saturated heterocycles. The number of rotatable bonds is 3. The molecule has 0 radical (unpaired) electrons. The Bertz CT molecular complexity index is 560. The quantitative estimate of drug-likeness (QED) is 0.754. The molecule has 102 valence electrons. The van der Waals surface area contributed by atoms with Crippen molar-refractivity contribution in [1.82, 2.24) is 9.55 Å². The summed E-state index contributed by atoms with van der Waals surface area (Å²) in [5, 5.41) is 1.32. The number of aromatic nitrogens is 2. The van der Waals surface area contributed by atoms with Crippen LogP contribution in [0.15, 0.2) is 36.9 Å². The number of hydrogen-bond donors (Lipinski definition) is 0. The van der Waals surface area contributed by atoms with E-state index in [1.807, 2.05) is 29.1 Å². The van der Waals surface area contributed by atoms with Crippen LogP contribution in [0, 0.1) is 5.92 Å². The largest absolute Gasteiger partial charge is 0.313 e. The molecule has 0 bridgehead atoms. The van der Waals surface area contributed by atoms with Crippen LogP contribution in [0.2, 0.25) is 10.0 Å². The topological polar surface area (TPSA) is 17.8 Å². The Morgan fingerprint density at radius 2 is 2.05 bits per heavy atom. The van der Waals surface area contributed by atoms with Gasteiger partial charge in [0.25, 0.3) is 0 Å². The third-order valence-electron chi connectivity index (χ3n) is 2.68. The minimum absolute atomic E-state index is 0. The van der Waals surface area contributed by atoms with Gasteiger partial charge in [-0.2, -0.15) is 0 Å². The number of hydrogen-bond acceptors (Lipinski definition) is 1. The first-order valence-corrected chi connectivity index (χ1v) is 6.48. The van der Waals surface area contributed by atoms with E-state index in [1.54, 1.807) is 18.6 Å². The lowest BCUT2D eigenvalue weighted by molar-refractivity contribution is 0.854. The van der Waals surface area contributed by atoms with E-state index >= 15 is 0 Å². The highest BCUT2D eigenvalue weighted by Gasteiger charge is 2.11. The van der Waals surface area contributed by atoms with Crippen LogP contribution in [0.4, 0.5) is 0 Å². The highest BCUT2D eigenvalue weighted by molar-refractivity contribution is 6.35. The van der Waals surface area contributed by atoms with Gasteiger partial charge in [-0.15, -0.1) is 12.4 Å². The van der Waals surface area contributed by atoms with Crippen molar-refractivity contribution in [3.8, 4) is 0 Å². The van der Waals surface area contributed by atoms with E-state index in [4.69, 9.17) is 23.2 Å². The minimum atomic E-state index is 0. The molecule has 0 unspecified atom stereocenters. The lowest BCUT2D eigenvalue weighted by atomic mass is 9.96. The summed E-state index contributed by atoms with van der Waals surface area (Å²) in [5.41, 5.74) is 2.15. The van der Waals surface area contributed by atoms with E-state index < -0.39 is 0 Å². The van der Waals surface area contributed by atoms with Gasteiger partial charge in [0.1, 0.15) is 0 Å². The Kier molecular flexibility index (Phi) is 5.92. The summed E-state index contributed by atoms with van der Waals surface area (Å²) in [4.78, 5) is 4.03. The third-order valence-corrected chi connectivity index (χ3v) is 3.22. The molecule has 0 saturated carbocycles. The fraction of sp³-hybridized carbons (Fsp3) is 0.214. The SMILES string of the molecule is CC(C)/C(=C\n1ccnc1)c1ccc(Cl)cc1Cl.Cl. The molecule has 5 heteroatoms. The molecular weight excluding hydrogens is 303 g/mol. The average molecular weight is 318 g/mol. The van der Waals surface area contributed by atoms with Gasteiger partial charge in [0, 0.05) is 28.6 Å². The van der Waals surface area contributed by atoms with Crippen molar-refractivity contribution in [1.29, 1.82) is 0 Å². The molecule has 0 N–H and O–H groups in total. The molecule has 1 aromatic heterocycles. The van der Waals surface area contributed by atoms with Crippen LogP contribution < -0.4 is 0 Å². The summed E-state index contributed by atoms with van der Waals surface area (Å²) in [7, 11) is 0. The molecule has 2 rings (SSSR count). The van der Waals surface area contributed by atoms with E-state index in [-0.39, 0.29) is 12.4 Å². The predicted molar refractivity (Wildman–Crippen MR) is 84.9 cm³/mol. The monoisotopic (exact) mass is 316 g/mol. The number of benzene rings is 1. The summed E-state index contributed by atoms with van der Waals surface area (Å²) >= 11 is 12.2. The lowest BCUT2D eigenvalue weighted by Crippen LogP contribution is -1.97. The summed E-state index contributed by atoms with van der Waals surface area (Å²) in [6.07, 6.45) is 7.43. The first kappa shape index (κ1) is 16.1. The van der Waals surface area contributed by atoms with E-state index in [0.717, 1.165) is 11.1 Å². The van der Waals surface area contributed by atoms with Crippen LogP contribution >= 0.6 is 35.6 Å². The minimum Gasteiger partial charge on any atom is -0.313 e. The molecule has 0 spiro atoms. The van der Waals surface area contributed by atoms with E-state index in [2.05, 4.69) is 18.8 Å². The van der Waals surface area contributed by atoms with Gasteiger partial charge in [-0.05, 0) is 29.2 Å². The summed E-state index contributed by atoms with van der Waals surface area (Å²) in [6.45, 7) is 4.27. The first-order chi connectivity index (χ1) is 8.58. The smallest absolute Gasteiger partial charge is 0.0986 e. The molecule has 2 nitrogen and oxygen atoms in total. The Labute approximate surface area is 129 Å². The summed E-state index contributed by atoms with van der Waals surface area (Å²) in [6, 6.07) is 5.57. The maximum Gasteiger partial charge on any atom is 0.0986 e. The zero-order valence-corrected chi connectivity index (χ0v) is 13.0. The van der Waals surface area contributed by atoms with Crippen molar-refractivity contribution in [3.63, 3.8) is 0 Å². The second-order valence-corrected chi connectivity index (χ2v) is 5.22. The van der Waals surface area contributed by atoms with Crippen LogP contribution in [-0.2, 0) is 0 Å². The molecule has 0 aliphatic carbocycles. The van der Waals surface area contributed by atoms with Crippen molar-refractivity contribution in [2.24, 2.45) is 5.92 Å². The molecule has 0 fully saturated rings. The molecule has 1 aromatic carbocycles. The zero-order valence-electron chi connectivity index (χ0n) is 10.7. The zero-order chi connectivity index (χ0) is 13.1. The molecule has 0 amide bonds. The van der Waals surface area contributed by atoms with Crippen molar-refractivity contribution in [3.05, 3.63) is 52.5 Å². The normalized spacial score (nSPS) is 11.5. The van der Waals surface area contributed by atoms with Gasteiger partial charge >= 0.3 is 0 Å². The first-order valence-electron chi connectivity index (χ1n) is 5.72. The standard InChI is InChI=1S/C14H14Cl2N2.ClH/c1-10(2)13(8-18-6-5-17-9-18)12-4-3-11(15)7-14(12)16;/h3-10H,1-2H3;1H/b13-8+;. The van der Waals surface area contributed by atoms with Crippen molar-refractivity contribution < 1.29 is 0 Å². The van der Waals surface area contributed by atoms with Gasteiger partial charge in [0.2, 0.25) is 0 Å². The number of nitrogens with zero attached hydrogens (tertiary/aromatic N) is 2.